The Hall–Kier alpha value is -7.01. The molecule has 56 heavy (non-hydrogen) atoms. The van der Waals surface area contributed by atoms with E-state index in [1.165, 1.54) is 75.8 Å². The molecule has 0 fully saturated rings. The van der Waals surface area contributed by atoms with E-state index in [0.717, 1.165) is 28.1 Å². The van der Waals surface area contributed by atoms with Gasteiger partial charge in [-0.3, -0.25) is 4.98 Å². The summed E-state index contributed by atoms with van der Waals surface area (Å²) in [5.74, 6) is 0.681. The van der Waals surface area contributed by atoms with E-state index in [1.54, 1.807) is 6.20 Å². The van der Waals surface area contributed by atoms with E-state index >= 15 is 0 Å². The first-order chi connectivity index (χ1) is 27.8. The van der Waals surface area contributed by atoms with Crippen molar-refractivity contribution in [2.45, 2.75) is 5.41 Å². The van der Waals surface area contributed by atoms with Crippen LogP contribution in [-0.4, -0.2) is 15.0 Å². The van der Waals surface area contributed by atoms with Crippen LogP contribution >= 0.6 is 11.3 Å². The minimum absolute atomic E-state index is 0.625. The molecule has 0 aliphatic heterocycles. The Labute approximate surface area is 328 Å². The Morgan fingerprint density at radius 3 is 1.73 bits per heavy atom. The zero-order valence-electron chi connectivity index (χ0n) is 30.1. The predicted octanol–water partition coefficient (Wildman–Crippen LogP) is 13.3. The van der Waals surface area contributed by atoms with E-state index in [9.17, 15) is 0 Å². The van der Waals surface area contributed by atoms with Crippen molar-refractivity contribution in [1.82, 2.24) is 15.0 Å². The largest absolute Gasteiger partial charge is 0.264 e. The van der Waals surface area contributed by atoms with Gasteiger partial charge in [0, 0.05) is 49.3 Å². The lowest BCUT2D eigenvalue weighted by atomic mass is 9.65. The molecule has 0 N–H and O–H groups in total. The first-order valence-electron chi connectivity index (χ1n) is 19.0. The molecule has 7 aromatic carbocycles. The number of benzene rings is 7. The standard InChI is InChI=1S/C52H31N3S/c1-2-13-32(14-3-1)47-30-48(34-15-12-26-53-31-34)55-51(54-47)33-24-25-39-36-17-5-4-16-35(36)37-18-6-9-21-43(37)52(45(39)27-33)44-22-10-7-19-38(44)41-28-42-40-20-8-11-23-49(40)56-50(42)29-46(41)52/h1-31H. The van der Waals surface area contributed by atoms with E-state index in [0.29, 0.717) is 5.82 Å². The van der Waals surface area contributed by atoms with Crippen molar-refractivity contribution in [2.75, 3.05) is 0 Å². The first kappa shape index (κ1) is 31.4. The lowest BCUT2D eigenvalue weighted by Gasteiger charge is -2.35. The average molecular weight is 730 g/mol. The molecule has 12 rings (SSSR count). The molecule has 0 amide bonds. The fourth-order valence-electron chi connectivity index (χ4n) is 9.44. The maximum absolute atomic E-state index is 5.30. The third-order valence-corrected chi connectivity index (χ3v) is 12.9. The summed E-state index contributed by atoms with van der Waals surface area (Å²) in [6, 6.07) is 64.3. The van der Waals surface area contributed by atoms with Gasteiger partial charge in [0.2, 0.25) is 0 Å². The van der Waals surface area contributed by atoms with Crippen LogP contribution in [0.5, 0.6) is 0 Å². The van der Waals surface area contributed by atoms with Gasteiger partial charge < -0.3 is 0 Å². The second-order valence-corrected chi connectivity index (χ2v) is 15.8. The van der Waals surface area contributed by atoms with Gasteiger partial charge in [-0.25, -0.2) is 9.97 Å². The quantitative estimate of drug-likeness (QED) is 0.182. The molecule has 1 atom stereocenters. The number of thiophene rings is 1. The zero-order chi connectivity index (χ0) is 36.8. The SMILES string of the molecule is c1ccc(-c2cc(-c3cccnc3)nc(-c3ccc4c(c3)C3(c5ccccc5-c5ccccc5-4)c4ccccc4-c4cc5c(cc43)sc3ccccc35)n2)cc1. The van der Waals surface area contributed by atoms with Crippen LogP contribution in [-0.2, 0) is 5.41 Å². The summed E-state index contributed by atoms with van der Waals surface area (Å²) >= 11 is 1.88. The van der Waals surface area contributed by atoms with Gasteiger partial charge in [-0.15, -0.1) is 11.3 Å². The number of nitrogens with zero attached hydrogens (tertiary/aromatic N) is 3. The summed E-state index contributed by atoms with van der Waals surface area (Å²) in [6.45, 7) is 0. The molecule has 260 valence electrons. The summed E-state index contributed by atoms with van der Waals surface area (Å²) in [5, 5.41) is 2.62. The smallest absolute Gasteiger partial charge is 0.160 e. The molecule has 0 bridgehead atoms. The van der Waals surface area contributed by atoms with Crippen LogP contribution in [0, 0.1) is 0 Å². The van der Waals surface area contributed by atoms with Crippen molar-refractivity contribution in [3.8, 4) is 67.3 Å². The number of hydrogen-bond acceptors (Lipinski definition) is 4. The molecule has 3 heterocycles. The van der Waals surface area contributed by atoms with Crippen molar-refractivity contribution in [3.05, 3.63) is 211 Å². The summed E-state index contributed by atoms with van der Waals surface area (Å²) < 4.78 is 2.61. The normalized spacial score (nSPS) is 14.9. The number of hydrogen-bond donors (Lipinski definition) is 0. The minimum atomic E-state index is -0.625. The van der Waals surface area contributed by atoms with Gasteiger partial charge in [0.1, 0.15) is 0 Å². The Morgan fingerprint density at radius 1 is 0.375 bits per heavy atom. The van der Waals surface area contributed by atoms with Crippen LogP contribution in [0.15, 0.2) is 188 Å². The third kappa shape index (κ3) is 4.42. The molecular weight excluding hydrogens is 699 g/mol. The highest BCUT2D eigenvalue weighted by Gasteiger charge is 2.50. The van der Waals surface area contributed by atoms with Gasteiger partial charge in [0.05, 0.1) is 16.8 Å². The average Bonchev–Trinajstić information content (AvgIpc) is 3.75. The fourth-order valence-corrected chi connectivity index (χ4v) is 10.6. The molecule has 4 heteroatoms. The molecule has 3 nitrogen and oxygen atoms in total. The summed E-state index contributed by atoms with van der Waals surface area (Å²) in [4.78, 5) is 15.0. The molecule has 2 aliphatic carbocycles. The molecule has 0 saturated carbocycles. The van der Waals surface area contributed by atoms with Crippen molar-refractivity contribution in [2.24, 2.45) is 0 Å². The molecule has 3 aromatic heterocycles. The lowest BCUT2D eigenvalue weighted by Crippen LogP contribution is -2.29. The van der Waals surface area contributed by atoms with Gasteiger partial charge >= 0.3 is 0 Å². The Balaban J connectivity index is 1.21. The molecule has 10 aromatic rings. The molecule has 1 unspecified atom stereocenters. The fraction of sp³-hybridized carbons (Fsp3) is 0.0192. The van der Waals surface area contributed by atoms with Crippen molar-refractivity contribution >= 4 is 31.5 Å². The number of aromatic nitrogens is 3. The first-order valence-corrected chi connectivity index (χ1v) is 19.8. The van der Waals surface area contributed by atoms with Crippen LogP contribution in [0.2, 0.25) is 0 Å². The number of pyridine rings is 1. The van der Waals surface area contributed by atoms with Gasteiger partial charge in [-0.1, -0.05) is 133 Å². The molecule has 2 aliphatic rings. The van der Waals surface area contributed by atoms with Gasteiger partial charge in [-0.05, 0) is 98.1 Å². The number of fused-ring (bicyclic) bond motifs is 15. The Bertz CT molecular complexity index is 3140. The van der Waals surface area contributed by atoms with E-state index in [1.807, 2.05) is 29.7 Å². The monoisotopic (exact) mass is 729 g/mol. The summed E-state index contributed by atoms with van der Waals surface area (Å²) in [7, 11) is 0. The van der Waals surface area contributed by atoms with Gasteiger partial charge in [-0.2, -0.15) is 0 Å². The Kier molecular flexibility index (Phi) is 6.72. The summed E-state index contributed by atoms with van der Waals surface area (Å²) in [6.07, 6.45) is 3.68. The van der Waals surface area contributed by atoms with E-state index in [-0.39, 0.29) is 0 Å². The summed E-state index contributed by atoms with van der Waals surface area (Å²) in [5.41, 5.74) is 16.7. The predicted molar refractivity (Wildman–Crippen MR) is 231 cm³/mol. The van der Waals surface area contributed by atoms with Crippen LogP contribution in [0.3, 0.4) is 0 Å². The van der Waals surface area contributed by atoms with Crippen molar-refractivity contribution < 1.29 is 0 Å². The maximum atomic E-state index is 5.30. The maximum Gasteiger partial charge on any atom is 0.160 e. The second-order valence-electron chi connectivity index (χ2n) is 14.7. The van der Waals surface area contributed by atoms with Crippen LogP contribution in [0.4, 0.5) is 0 Å². The van der Waals surface area contributed by atoms with Crippen molar-refractivity contribution in [1.29, 1.82) is 0 Å². The molecule has 1 spiro atoms. The molecule has 0 radical (unpaired) electrons. The van der Waals surface area contributed by atoms with Gasteiger partial charge in [0.25, 0.3) is 0 Å². The van der Waals surface area contributed by atoms with E-state index in [2.05, 4.69) is 169 Å². The highest BCUT2D eigenvalue weighted by molar-refractivity contribution is 7.25. The van der Waals surface area contributed by atoms with Crippen LogP contribution in [0.25, 0.3) is 87.5 Å². The zero-order valence-corrected chi connectivity index (χ0v) is 31.0. The molecular formula is C52H31N3S. The highest BCUT2D eigenvalue weighted by Crippen LogP contribution is 2.62. The number of rotatable bonds is 3. The van der Waals surface area contributed by atoms with Crippen molar-refractivity contribution in [3.63, 3.8) is 0 Å². The second kappa shape index (κ2) is 12.0. The van der Waals surface area contributed by atoms with Gasteiger partial charge in [0.15, 0.2) is 5.82 Å². The van der Waals surface area contributed by atoms with E-state index in [4.69, 9.17) is 9.97 Å². The lowest BCUT2D eigenvalue weighted by molar-refractivity contribution is 0.777. The highest BCUT2D eigenvalue weighted by atomic mass is 32.1. The van der Waals surface area contributed by atoms with E-state index < -0.39 is 5.41 Å². The molecule has 0 saturated heterocycles. The minimum Gasteiger partial charge on any atom is -0.264 e. The third-order valence-electron chi connectivity index (χ3n) is 11.8. The van der Waals surface area contributed by atoms with Crippen LogP contribution < -0.4 is 0 Å². The van der Waals surface area contributed by atoms with Crippen LogP contribution in [0.1, 0.15) is 22.3 Å². The topological polar surface area (TPSA) is 38.7 Å². The Morgan fingerprint density at radius 2 is 0.982 bits per heavy atom.